The van der Waals surface area contributed by atoms with Crippen molar-refractivity contribution in [2.45, 2.75) is 67.6 Å². The van der Waals surface area contributed by atoms with Gasteiger partial charge in [-0.15, -0.1) is 0 Å². The number of amides is 1. The molecule has 0 unspecified atom stereocenters. The van der Waals surface area contributed by atoms with Crippen LogP contribution in [-0.4, -0.2) is 66.3 Å². The lowest BCUT2D eigenvalue weighted by atomic mass is 9.69. The van der Waals surface area contributed by atoms with Crippen LogP contribution in [0.15, 0.2) is 35.2 Å². The maximum atomic E-state index is 15.5. The van der Waals surface area contributed by atoms with E-state index in [1.165, 1.54) is 31.3 Å². The number of aliphatic hydroxyl groups excluding tert-OH is 1. The van der Waals surface area contributed by atoms with Crippen molar-refractivity contribution >= 4 is 48.7 Å². The molecule has 0 bridgehead atoms. The number of carbonyl (C=O) groups excluding carboxylic acids is 1. The Morgan fingerprint density at radius 2 is 1.55 bits per heavy atom. The number of nitrogens with zero attached hydrogens (tertiary/aromatic N) is 2. The molecule has 10 nitrogen and oxygen atoms in total. The summed E-state index contributed by atoms with van der Waals surface area (Å²) in [5.74, 6) is -4.82. The van der Waals surface area contributed by atoms with Gasteiger partial charge in [-0.2, -0.15) is 0 Å². The predicted molar refractivity (Wildman–Crippen MR) is 160 cm³/mol. The summed E-state index contributed by atoms with van der Waals surface area (Å²) in [4.78, 5) is 16.1. The van der Waals surface area contributed by atoms with Crippen LogP contribution < -0.4 is 19.2 Å². The lowest BCUT2D eigenvalue weighted by Gasteiger charge is -2.36. The third-order valence-corrected chi connectivity index (χ3v) is 12.4. The fourth-order valence-corrected chi connectivity index (χ4v) is 9.02. The van der Waals surface area contributed by atoms with Crippen LogP contribution in [0.1, 0.15) is 56.9 Å². The smallest absolute Gasteiger partial charge is 0.263 e. The van der Waals surface area contributed by atoms with Crippen molar-refractivity contribution in [3.8, 4) is 0 Å². The maximum Gasteiger partial charge on any atom is 0.263 e. The molecular formula is C29H35F3N4O6S2. The van der Waals surface area contributed by atoms with Crippen LogP contribution in [-0.2, 0) is 30.3 Å². The van der Waals surface area contributed by atoms with E-state index in [0.29, 0.717) is 13.1 Å². The third-order valence-electron chi connectivity index (χ3n) is 9.72. The molecular weight excluding hydrogens is 621 g/mol. The zero-order valence-corrected chi connectivity index (χ0v) is 25.8. The second-order valence-electron chi connectivity index (χ2n) is 12.6. The summed E-state index contributed by atoms with van der Waals surface area (Å²) in [5.41, 5.74) is -0.738. The molecule has 15 heteroatoms. The van der Waals surface area contributed by atoms with Gasteiger partial charge < -0.3 is 14.9 Å². The van der Waals surface area contributed by atoms with E-state index >= 15 is 4.39 Å². The Balaban J connectivity index is 1.35. The predicted octanol–water partition coefficient (Wildman–Crippen LogP) is 4.16. The number of alkyl halides is 2. The summed E-state index contributed by atoms with van der Waals surface area (Å²) < 4.78 is 101. The number of fused-ring (bicyclic) bond motifs is 2. The fraction of sp³-hybridized carbons (Fsp3) is 0.552. The van der Waals surface area contributed by atoms with Gasteiger partial charge in [0.15, 0.2) is 0 Å². The van der Waals surface area contributed by atoms with Crippen LogP contribution >= 0.6 is 0 Å². The van der Waals surface area contributed by atoms with Crippen molar-refractivity contribution in [3.63, 3.8) is 0 Å². The number of rotatable bonds is 8. The maximum absolute atomic E-state index is 15.5. The summed E-state index contributed by atoms with van der Waals surface area (Å²) in [7, 11) is -6.90. The van der Waals surface area contributed by atoms with Gasteiger partial charge in [0.2, 0.25) is 21.9 Å². The number of nitrogens with one attached hydrogen (secondary N) is 2. The third kappa shape index (κ3) is 5.51. The molecule has 2 aromatic rings. The quantitative estimate of drug-likeness (QED) is 0.388. The minimum atomic E-state index is -4.39. The average Bonchev–Trinajstić information content (AvgIpc) is 3.66. The normalized spacial score (nSPS) is 21.9. The molecule has 2 heterocycles. The number of hydrogen-bond acceptors (Lipinski definition) is 7. The van der Waals surface area contributed by atoms with E-state index in [-0.39, 0.29) is 51.5 Å². The van der Waals surface area contributed by atoms with Crippen LogP contribution in [0.3, 0.4) is 0 Å². The first-order valence-corrected chi connectivity index (χ1v) is 17.8. The molecule has 240 valence electrons. The topological polar surface area (TPSA) is 136 Å². The van der Waals surface area contributed by atoms with E-state index in [0.717, 1.165) is 36.6 Å². The number of sulfonamides is 2. The summed E-state index contributed by atoms with van der Waals surface area (Å²) >= 11 is 0. The molecule has 1 amide bonds. The number of piperidine rings is 1. The zero-order valence-electron chi connectivity index (χ0n) is 24.2. The molecule has 2 aliphatic heterocycles. The second-order valence-corrected chi connectivity index (χ2v) is 16.1. The Bertz CT molecular complexity index is 1710. The highest BCUT2D eigenvalue weighted by Gasteiger charge is 2.55. The number of carbonyl (C=O) groups is 1. The van der Waals surface area contributed by atoms with E-state index in [1.807, 2.05) is 4.90 Å². The summed E-state index contributed by atoms with van der Waals surface area (Å²) in [5, 5.41) is 9.10. The number of halogens is 3. The van der Waals surface area contributed by atoms with Gasteiger partial charge in [0.05, 0.1) is 40.5 Å². The van der Waals surface area contributed by atoms with Crippen molar-refractivity contribution in [1.82, 2.24) is 0 Å². The summed E-state index contributed by atoms with van der Waals surface area (Å²) in [6.45, 7) is 0.532. The Hall–Kier alpha value is -3.04. The number of likely N-dealkylation sites (N-methyl/N-ethyl adjacent to an activating group) is 1. The highest BCUT2D eigenvalue weighted by molar-refractivity contribution is 7.93. The largest absolute Gasteiger partial charge is 0.395 e. The molecule has 0 aromatic heterocycles. The average molecular weight is 657 g/mol. The number of benzene rings is 2. The highest BCUT2D eigenvalue weighted by Crippen LogP contribution is 2.55. The summed E-state index contributed by atoms with van der Waals surface area (Å²) in [6.07, 6.45) is 2.49. The SMILES string of the molecule is CN1C(=O)C2(CCC(F)(F)CC2)c2cc(NS(=O)(=O)c3ccc(NS(=O)(=O)CCO)cc3N3CCC4(CC3)CC4)cc(F)c21. The van der Waals surface area contributed by atoms with Gasteiger partial charge in [-0.05, 0) is 73.8 Å². The van der Waals surface area contributed by atoms with E-state index in [9.17, 15) is 30.4 Å². The zero-order chi connectivity index (χ0) is 31.7. The Morgan fingerprint density at radius 1 is 0.886 bits per heavy atom. The molecule has 44 heavy (non-hydrogen) atoms. The molecule has 3 N–H and O–H groups in total. The summed E-state index contributed by atoms with van der Waals surface area (Å²) in [6, 6.07) is 6.32. The molecule has 4 aliphatic rings. The first-order valence-electron chi connectivity index (χ1n) is 14.6. The van der Waals surface area contributed by atoms with Gasteiger partial charge >= 0.3 is 0 Å². The van der Waals surface area contributed by atoms with Crippen molar-refractivity contribution in [2.24, 2.45) is 5.41 Å². The Morgan fingerprint density at radius 3 is 2.16 bits per heavy atom. The van der Waals surface area contributed by atoms with Gasteiger partial charge in [0.1, 0.15) is 10.7 Å². The van der Waals surface area contributed by atoms with Crippen molar-refractivity contribution in [3.05, 3.63) is 41.7 Å². The molecule has 2 saturated carbocycles. The minimum Gasteiger partial charge on any atom is -0.395 e. The minimum absolute atomic E-state index is 0.0503. The van der Waals surface area contributed by atoms with Crippen molar-refractivity contribution < 1.29 is 39.9 Å². The van der Waals surface area contributed by atoms with E-state index in [4.69, 9.17) is 5.11 Å². The van der Waals surface area contributed by atoms with E-state index in [2.05, 4.69) is 9.44 Å². The number of anilines is 4. The molecule has 6 rings (SSSR count). The van der Waals surface area contributed by atoms with Crippen molar-refractivity contribution in [2.75, 3.05) is 51.7 Å². The molecule has 0 atom stereocenters. The fourth-order valence-electron chi connectivity index (χ4n) is 6.94. The number of aliphatic hydroxyl groups is 1. The van der Waals surface area contributed by atoms with Crippen molar-refractivity contribution in [1.29, 1.82) is 0 Å². The Kier molecular flexibility index (Phi) is 7.40. The van der Waals surface area contributed by atoms with Gasteiger partial charge in [0, 0.05) is 39.0 Å². The Labute approximate surface area is 254 Å². The van der Waals surface area contributed by atoms with Crippen LogP contribution in [0.4, 0.5) is 35.9 Å². The lowest BCUT2D eigenvalue weighted by Crippen LogP contribution is -2.44. The van der Waals surface area contributed by atoms with Gasteiger partial charge in [-0.3, -0.25) is 14.2 Å². The van der Waals surface area contributed by atoms with Crippen LogP contribution in [0.25, 0.3) is 0 Å². The molecule has 2 aliphatic carbocycles. The first-order chi connectivity index (χ1) is 20.6. The van der Waals surface area contributed by atoms with Gasteiger partial charge in [-0.1, -0.05) is 0 Å². The van der Waals surface area contributed by atoms with Gasteiger partial charge in [0.25, 0.3) is 10.0 Å². The molecule has 1 saturated heterocycles. The second kappa shape index (κ2) is 10.5. The molecule has 3 fully saturated rings. The standard InChI is InChI=1S/C29H35F3N4O6S2/c1-35-25-21(28(26(35)38)6-8-29(31,32)9-7-28)16-20(17-22(25)30)34-44(41,42)24-3-2-19(33-43(39,40)15-14-37)18-23(24)36-12-10-27(4-5-27)11-13-36/h2-3,16-18,33-34,37H,4-15H2,1H3. The van der Waals surface area contributed by atoms with Crippen LogP contribution in [0, 0.1) is 11.2 Å². The molecule has 0 radical (unpaired) electrons. The first kappa shape index (κ1) is 31.0. The van der Waals surface area contributed by atoms with E-state index in [1.54, 1.807) is 0 Å². The number of hydrogen-bond donors (Lipinski definition) is 3. The van der Waals surface area contributed by atoms with Crippen LogP contribution in [0.5, 0.6) is 0 Å². The molecule has 2 aromatic carbocycles. The van der Waals surface area contributed by atoms with Gasteiger partial charge in [-0.25, -0.2) is 30.0 Å². The highest BCUT2D eigenvalue weighted by atomic mass is 32.2. The van der Waals surface area contributed by atoms with E-state index < -0.39 is 68.3 Å². The molecule has 2 spiro atoms. The lowest BCUT2D eigenvalue weighted by molar-refractivity contribution is -0.127. The monoisotopic (exact) mass is 656 g/mol. The van der Waals surface area contributed by atoms with Crippen LogP contribution in [0.2, 0.25) is 0 Å².